The molecule has 0 amide bonds. The lowest BCUT2D eigenvalue weighted by molar-refractivity contribution is -0.138. The molecule has 0 aliphatic carbocycles. The number of hydrogen-bond donors (Lipinski definition) is 8. The van der Waals surface area contributed by atoms with Crippen LogP contribution in [0.3, 0.4) is 0 Å². The molecule has 0 unspecified atom stereocenters. The van der Waals surface area contributed by atoms with Crippen molar-refractivity contribution in [3.63, 3.8) is 0 Å². The van der Waals surface area contributed by atoms with Crippen LogP contribution in [0.4, 0.5) is 119 Å². The van der Waals surface area contributed by atoms with Gasteiger partial charge < -0.3 is 61.5 Å². The van der Waals surface area contributed by atoms with E-state index < -0.39 is 23.5 Å². The lowest BCUT2D eigenvalue weighted by atomic mass is 10.1. The third-order valence-electron chi connectivity index (χ3n) is 22.7. The fraction of sp³-hybridized carbons (Fsp3) is 0.297. The topological polar surface area (TPSA) is 262 Å². The molecule has 132 heavy (non-hydrogen) atoms. The number of ether oxygens (including phenoxy) is 4. The van der Waals surface area contributed by atoms with Gasteiger partial charge in [0.25, 0.3) is 0 Å². The molecule has 4 fully saturated rings. The molecule has 4 aliphatic rings. The number of fused-ring (bicyclic) bond motifs is 2. The van der Waals surface area contributed by atoms with Gasteiger partial charge in [0.1, 0.15) is 78.5 Å². The average Bonchev–Trinajstić information content (AvgIpc) is 0.837. The van der Waals surface area contributed by atoms with Gasteiger partial charge in [-0.25, -0.2) is 24.9 Å². The highest BCUT2D eigenvalue weighted by atomic mass is 19.4. The first-order valence-corrected chi connectivity index (χ1v) is 44.7. The molecule has 0 bridgehead atoms. The maximum atomic E-state index is 13.0. The van der Waals surface area contributed by atoms with Gasteiger partial charge in [0, 0.05) is 130 Å². The second kappa shape index (κ2) is 45.5. The molecule has 0 atom stereocenters. The molecule has 9 heterocycles. The standard InChI is InChI=1S/C27H29N5O.C26H28N6O.2C24H26F3N5O/c1-20-19-28-27(31-26(20)30-25-10-6-8-21-7-2-3-9-24(21)25)29-22-11-13-23(14-12-22)33-18-17-32-15-4-5-16-32;1-19-18-28-26(31-24(19)30-25-23-7-3-2-6-20(23)12-13-27-25)29-21-8-10-22(11-9-21)33-17-16-32-14-4-5-15-32;1-17-16-28-23(31-22(17)29-19-6-4-18(5-7-19)24(25,26)27)30-20-8-10-21(11-9-20)33-15-14-32-12-2-3-13-32;1-17-16-28-23(31-22(17)29-20-6-4-5-18(15-20)24(25,26)27)30-19-7-9-21(10-8-19)33-14-13-32-11-2-3-12-32/h2-3,6-14,19H,4-5,15-18H2,1H3,(H2,28,29,30,31);2-3,6-13,18H,4-5,14-17H2,1H3,(H2,27,28,29,30,31);4-11,16H,2-3,12-15H2,1H3,(H2,28,29,30,31);4-10,15-16H,2-3,11-14H2,1H3,(H2,28,29,30,31). The Morgan fingerprint density at radius 1 is 0.280 bits per heavy atom. The minimum Gasteiger partial charge on any atom is -0.492 e. The van der Waals surface area contributed by atoms with Gasteiger partial charge in [-0.3, -0.25) is 19.6 Å². The highest BCUT2D eigenvalue weighted by Gasteiger charge is 2.32. The molecule has 0 radical (unpaired) electrons. The lowest BCUT2D eigenvalue weighted by Crippen LogP contribution is -2.25. The summed E-state index contributed by atoms with van der Waals surface area (Å²) in [6.45, 7) is 23.5. The summed E-state index contributed by atoms with van der Waals surface area (Å²) in [6.07, 6.45) is 10.2. The van der Waals surface area contributed by atoms with Gasteiger partial charge in [0.05, 0.1) is 11.1 Å². The van der Waals surface area contributed by atoms with Crippen LogP contribution in [0, 0.1) is 27.7 Å². The maximum absolute atomic E-state index is 13.0. The zero-order valence-corrected chi connectivity index (χ0v) is 74.4. The Morgan fingerprint density at radius 2 is 0.591 bits per heavy atom. The van der Waals surface area contributed by atoms with Gasteiger partial charge in [0.15, 0.2) is 0 Å². The van der Waals surface area contributed by atoms with E-state index in [2.05, 4.69) is 144 Å². The fourth-order valence-corrected chi connectivity index (χ4v) is 15.3. The second-order valence-corrected chi connectivity index (χ2v) is 32.6. The lowest BCUT2D eigenvalue weighted by Gasteiger charge is -2.15. The minimum atomic E-state index is -4.41. The van der Waals surface area contributed by atoms with Crippen molar-refractivity contribution >= 4 is 114 Å². The van der Waals surface area contributed by atoms with E-state index in [4.69, 9.17) is 23.9 Å². The van der Waals surface area contributed by atoms with E-state index in [9.17, 15) is 26.3 Å². The maximum Gasteiger partial charge on any atom is 0.416 e. The number of hydrogen-bond acceptors (Lipinski definition) is 25. The summed E-state index contributed by atoms with van der Waals surface area (Å²) in [5, 5.41) is 30.2. The van der Waals surface area contributed by atoms with Gasteiger partial charge in [0.2, 0.25) is 23.8 Å². The summed E-state index contributed by atoms with van der Waals surface area (Å²) < 4.78 is 101. The molecule has 31 heteroatoms. The molecule has 8 N–H and O–H groups in total. The molecule has 0 spiro atoms. The smallest absolute Gasteiger partial charge is 0.416 e. The van der Waals surface area contributed by atoms with Crippen LogP contribution in [0.2, 0.25) is 0 Å². The Morgan fingerprint density at radius 3 is 0.970 bits per heavy atom. The van der Waals surface area contributed by atoms with Gasteiger partial charge in [-0.05, 0) is 294 Å². The molecule has 4 saturated heterocycles. The van der Waals surface area contributed by atoms with Crippen molar-refractivity contribution in [1.29, 1.82) is 0 Å². The SMILES string of the molecule is Cc1cnc(Nc2ccc(OCCN3CCCC3)cc2)nc1Nc1ccc(C(F)(F)F)cc1.Cc1cnc(Nc2ccc(OCCN3CCCC3)cc2)nc1Nc1cccc(C(F)(F)F)c1.Cc1cnc(Nc2ccc(OCCN3CCCC3)cc2)nc1Nc1cccc2ccccc12.Cc1cnc(Nc2ccc(OCCN3CCCC3)cc2)nc1Nc1nccc2ccccc12. The molecular formula is C101H109F6N21O4. The Labute approximate surface area is 764 Å². The van der Waals surface area contributed by atoms with Gasteiger partial charge >= 0.3 is 12.4 Å². The molecule has 5 aromatic heterocycles. The number of nitrogens with zero attached hydrogens (tertiary/aromatic N) is 13. The number of likely N-dealkylation sites (tertiary alicyclic amines) is 4. The molecule has 18 rings (SSSR count). The quantitative estimate of drug-likeness (QED) is 0.0182. The first-order valence-electron chi connectivity index (χ1n) is 44.7. The second-order valence-electron chi connectivity index (χ2n) is 32.6. The summed E-state index contributed by atoms with van der Waals surface area (Å²) in [6, 6.07) is 65.4. The van der Waals surface area contributed by atoms with E-state index in [1.165, 1.54) is 101 Å². The van der Waals surface area contributed by atoms with Gasteiger partial charge in [-0.1, -0.05) is 66.7 Å². The average molecular weight is 1800 g/mol. The minimum absolute atomic E-state index is 0.299. The molecule has 9 aromatic carbocycles. The van der Waals surface area contributed by atoms with Crippen LogP contribution in [0.1, 0.15) is 84.7 Å². The number of aromatic nitrogens is 9. The van der Waals surface area contributed by atoms with E-state index in [1.807, 2.05) is 154 Å². The van der Waals surface area contributed by atoms with Crippen LogP contribution >= 0.6 is 0 Å². The first-order chi connectivity index (χ1) is 64.2. The van der Waals surface area contributed by atoms with Gasteiger partial charge in [-0.15, -0.1) is 0 Å². The van der Waals surface area contributed by atoms with Crippen LogP contribution in [-0.2, 0) is 12.4 Å². The predicted octanol–water partition coefficient (Wildman–Crippen LogP) is 22.7. The summed E-state index contributed by atoms with van der Waals surface area (Å²) >= 11 is 0. The number of alkyl halides is 6. The number of aryl methyl sites for hydroxylation is 4. The summed E-state index contributed by atoms with van der Waals surface area (Å²) in [5.41, 5.74) is 7.20. The van der Waals surface area contributed by atoms with Crippen LogP contribution < -0.4 is 61.5 Å². The molecule has 0 saturated carbocycles. The third-order valence-corrected chi connectivity index (χ3v) is 22.7. The van der Waals surface area contributed by atoms with Crippen molar-refractivity contribution in [1.82, 2.24) is 64.5 Å². The van der Waals surface area contributed by atoms with Crippen molar-refractivity contribution in [2.75, 3.05) is 147 Å². The summed E-state index contributed by atoms with van der Waals surface area (Å²) in [4.78, 5) is 49.9. The zero-order chi connectivity index (χ0) is 91.4. The molecule has 14 aromatic rings. The number of benzene rings is 9. The first kappa shape index (κ1) is 92.7. The Balaban J connectivity index is 0.000000135. The molecule has 684 valence electrons. The monoisotopic (exact) mass is 1790 g/mol. The Bertz CT molecular complexity index is 5820. The van der Waals surface area contributed by atoms with E-state index in [1.54, 1.807) is 37.8 Å². The summed E-state index contributed by atoms with van der Waals surface area (Å²) in [5.74, 6) is 8.32. The summed E-state index contributed by atoms with van der Waals surface area (Å²) in [7, 11) is 0. The largest absolute Gasteiger partial charge is 0.492 e. The number of halogens is 6. The van der Waals surface area contributed by atoms with E-state index in [0.717, 1.165) is 185 Å². The molecular weight excluding hydrogens is 1690 g/mol. The fourth-order valence-electron chi connectivity index (χ4n) is 15.3. The van der Waals surface area contributed by atoms with Crippen LogP contribution in [0.15, 0.2) is 249 Å². The van der Waals surface area contributed by atoms with Crippen molar-refractivity contribution in [2.24, 2.45) is 0 Å². The van der Waals surface area contributed by atoms with E-state index >= 15 is 0 Å². The Kier molecular flexibility index (Phi) is 32.0. The van der Waals surface area contributed by atoms with Crippen molar-refractivity contribution in [2.45, 2.75) is 91.4 Å². The number of rotatable bonds is 32. The predicted molar refractivity (Wildman–Crippen MR) is 512 cm³/mol. The molecule has 25 nitrogen and oxygen atoms in total. The zero-order valence-electron chi connectivity index (χ0n) is 74.4. The van der Waals surface area contributed by atoms with Crippen LogP contribution in [-0.4, -0.2) is 169 Å². The highest BCUT2D eigenvalue weighted by molar-refractivity contribution is 5.96. The number of nitrogens with one attached hydrogen (secondary N) is 8. The van der Waals surface area contributed by atoms with E-state index in [-0.39, 0.29) is 0 Å². The normalized spacial score (nSPS) is 14.1. The highest BCUT2D eigenvalue weighted by Crippen LogP contribution is 2.36. The molecule has 4 aliphatic heterocycles. The van der Waals surface area contributed by atoms with Crippen LogP contribution in [0.25, 0.3) is 21.5 Å². The van der Waals surface area contributed by atoms with Crippen molar-refractivity contribution in [3.8, 4) is 23.0 Å². The van der Waals surface area contributed by atoms with Crippen molar-refractivity contribution in [3.05, 3.63) is 283 Å². The van der Waals surface area contributed by atoms with E-state index in [0.29, 0.717) is 72.2 Å². The van der Waals surface area contributed by atoms with Crippen molar-refractivity contribution < 1.29 is 45.3 Å². The van der Waals surface area contributed by atoms with Crippen LogP contribution in [0.5, 0.6) is 23.0 Å². The number of pyridine rings is 1. The Hall–Kier alpha value is -14.0. The van der Waals surface area contributed by atoms with Gasteiger partial charge in [-0.2, -0.15) is 46.3 Å². The number of anilines is 16. The third kappa shape index (κ3) is 27.5.